The molecule has 0 fully saturated rings. The predicted molar refractivity (Wildman–Crippen MR) is 45.9 cm³/mol. The molecule has 0 rings (SSSR count). The normalized spacial score (nSPS) is 12.4. The number of aliphatic carboxylic acids is 1. The summed E-state index contributed by atoms with van der Waals surface area (Å²) >= 11 is 0. The van der Waals surface area contributed by atoms with Gasteiger partial charge in [-0.2, -0.15) is 0 Å². The van der Waals surface area contributed by atoms with Gasteiger partial charge in [0.05, 0.1) is 5.92 Å². The van der Waals surface area contributed by atoms with Crippen molar-refractivity contribution in [3.8, 4) is 0 Å². The summed E-state index contributed by atoms with van der Waals surface area (Å²) in [5.41, 5.74) is 0. The van der Waals surface area contributed by atoms with E-state index in [-0.39, 0.29) is 5.92 Å². The number of aldehydes is 1. The van der Waals surface area contributed by atoms with Crippen LogP contribution >= 0.6 is 0 Å². The fraction of sp³-hybridized carbons (Fsp3) is 0.778. The number of carbonyl (C=O) groups is 2. The summed E-state index contributed by atoms with van der Waals surface area (Å²) < 4.78 is 0. The molecule has 0 aliphatic heterocycles. The average Bonchev–Trinajstić information content (AvgIpc) is 2.04. The molecule has 0 aliphatic rings. The lowest BCUT2D eigenvalue weighted by atomic mass is 9.97. The van der Waals surface area contributed by atoms with E-state index in [2.05, 4.69) is 0 Å². The molecule has 12 heavy (non-hydrogen) atoms. The Bertz CT molecular complexity index is 143. The third-order valence-corrected chi connectivity index (χ3v) is 1.89. The van der Waals surface area contributed by atoms with Crippen molar-refractivity contribution in [2.24, 2.45) is 5.92 Å². The number of hydrogen-bond acceptors (Lipinski definition) is 2. The maximum absolute atomic E-state index is 10.6. The monoisotopic (exact) mass is 172 g/mol. The molecule has 0 spiro atoms. The van der Waals surface area contributed by atoms with E-state index in [1.165, 1.54) is 0 Å². The second kappa shape index (κ2) is 6.83. The highest BCUT2D eigenvalue weighted by Crippen LogP contribution is 2.14. The van der Waals surface area contributed by atoms with Crippen LogP contribution in [0.1, 0.15) is 39.0 Å². The van der Waals surface area contributed by atoms with Crippen LogP contribution in [0.25, 0.3) is 0 Å². The van der Waals surface area contributed by atoms with E-state index in [4.69, 9.17) is 5.11 Å². The Morgan fingerprint density at radius 1 is 1.50 bits per heavy atom. The molecule has 0 heterocycles. The summed E-state index contributed by atoms with van der Waals surface area (Å²) in [5.74, 6) is -1.10. The summed E-state index contributed by atoms with van der Waals surface area (Å²) in [6.45, 7) is 2.03. The van der Waals surface area contributed by atoms with Crippen molar-refractivity contribution in [1.82, 2.24) is 0 Å². The van der Waals surface area contributed by atoms with E-state index in [1.807, 2.05) is 6.92 Å². The van der Waals surface area contributed by atoms with Crippen LogP contribution < -0.4 is 0 Å². The van der Waals surface area contributed by atoms with Crippen molar-refractivity contribution in [1.29, 1.82) is 0 Å². The summed E-state index contributed by atoms with van der Waals surface area (Å²) in [6.07, 6.45) is 4.25. The Hall–Kier alpha value is -0.860. The molecule has 0 aromatic heterocycles. The number of carbonyl (C=O) groups excluding carboxylic acids is 1. The molecule has 1 atom stereocenters. The molecule has 0 saturated heterocycles. The number of carboxylic acids is 1. The summed E-state index contributed by atoms with van der Waals surface area (Å²) in [4.78, 5) is 20.6. The quantitative estimate of drug-likeness (QED) is 0.596. The van der Waals surface area contributed by atoms with E-state index in [0.717, 1.165) is 19.1 Å². The molecule has 0 aliphatic carbocycles. The minimum absolute atomic E-state index is 0.324. The third kappa shape index (κ3) is 4.88. The molecule has 70 valence electrons. The zero-order valence-electron chi connectivity index (χ0n) is 7.45. The van der Waals surface area contributed by atoms with Crippen LogP contribution in [0.15, 0.2) is 0 Å². The predicted octanol–water partition coefficient (Wildman–Crippen LogP) is 1.86. The van der Waals surface area contributed by atoms with E-state index in [1.54, 1.807) is 0 Å². The molecule has 0 amide bonds. The van der Waals surface area contributed by atoms with Gasteiger partial charge in [-0.1, -0.05) is 19.8 Å². The van der Waals surface area contributed by atoms with Crippen LogP contribution in [-0.4, -0.2) is 17.4 Å². The van der Waals surface area contributed by atoms with Crippen molar-refractivity contribution in [3.63, 3.8) is 0 Å². The number of hydrogen-bond donors (Lipinski definition) is 1. The van der Waals surface area contributed by atoms with Gasteiger partial charge >= 0.3 is 5.97 Å². The van der Waals surface area contributed by atoms with E-state index >= 15 is 0 Å². The molecule has 3 heteroatoms. The van der Waals surface area contributed by atoms with Crippen LogP contribution in [0.2, 0.25) is 0 Å². The highest BCUT2D eigenvalue weighted by molar-refractivity contribution is 5.70. The van der Waals surface area contributed by atoms with Crippen molar-refractivity contribution in [3.05, 3.63) is 0 Å². The summed E-state index contributed by atoms with van der Waals surface area (Å²) in [5, 5.41) is 8.71. The zero-order valence-corrected chi connectivity index (χ0v) is 7.45. The largest absolute Gasteiger partial charge is 0.481 e. The highest BCUT2D eigenvalue weighted by atomic mass is 16.4. The zero-order chi connectivity index (χ0) is 9.40. The topological polar surface area (TPSA) is 54.4 Å². The van der Waals surface area contributed by atoms with Gasteiger partial charge in [0.1, 0.15) is 6.29 Å². The molecule has 0 bridgehead atoms. The Labute approximate surface area is 72.8 Å². The highest BCUT2D eigenvalue weighted by Gasteiger charge is 2.15. The summed E-state index contributed by atoms with van der Waals surface area (Å²) in [7, 11) is 0. The summed E-state index contributed by atoms with van der Waals surface area (Å²) in [6, 6.07) is 0. The first-order valence-corrected chi connectivity index (χ1v) is 4.38. The van der Waals surface area contributed by atoms with Gasteiger partial charge in [-0.05, 0) is 12.8 Å². The van der Waals surface area contributed by atoms with Crippen LogP contribution in [0.5, 0.6) is 0 Å². The molecule has 0 aromatic rings. The minimum Gasteiger partial charge on any atom is -0.481 e. The number of rotatable bonds is 7. The lowest BCUT2D eigenvalue weighted by Gasteiger charge is -2.08. The molecule has 1 unspecified atom stereocenters. The van der Waals surface area contributed by atoms with Crippen LogP contribution in [0, 0.1) is 5.92 Å². The van der Waals surface area contributed by atoms with Gasteiger partial charge in [-0.15, -0.1) is 0 Å². The van der Waals surface area contributed by atoms with Gasteiger partial charge in [0, 0.05) is 6.42 Å². The lowest BCUT2D eigenvalue weighted by molar-refractivity contribution is -0.142. The van der Waals surface area contributed by atoms with Crippen LogP contribution in [-0.2, 0) is 9.59 Å². The molecule has 0 aromatic carbocycles. The van der Waals surface area contributed by atoms with Gasteiger partial charge in [-0.25, -0.2) is 0 Å². The fourth-order valence-corrected chi connectivity index (χ4v) is 1.11. The second-order valence-corrected chi connectivity index (χ2v) is 2.92. The molecular formula is C9H16O3. The Morgan fingerprint density at radius 2 is 2.17 bits per heavy atom. The molecule has 3 nitrogen and oxygen atoms in total. The van der Waals surface area contributed by atoms with Gasteiger partial charge in [-0.3, -0.25) is 4.79 Å². The van der Waals surface area contributed by atoms with E-state index < -0.39 is 5.97 Å². The maximum Gasteiger partial charge on any atom is 0.306 e. The molecular weight excluding hydrogens is 156 g/mol. The fourth-order valence-electron chi connectivity index (χ4n) is 1.11. The standard InChI is InChI=1S/C9H16O3/c1-2-3-5-8(9(11)12)6-4-7-10/h7-8H,2-6H2,1H3,(H,11,12). The number of carboxylic acid groups (broad SMARTS) is 1. The van der Waals surface area contributed by atoms with E-state index in [0.29, 0.717) is 19.3 Å². The van der Waals surface area contributed by atoms with E-state index in [9.17, 15) is 9.59 Å². The van der Waals surface area contributed by atoms with Crippen molar-refractivity contribution in [2.75, 3.05) is 0 Å². The number of unbranched alkanes of at least 4 members (excludes halogenated alkanes) is 1. The van der Waals surface area contributed by atoms with Gasteiger partial charge in [0.25, 0.3) is 0 Å². The Balaban J connectivity index is 3.69. The third-order valence-electron chi connectivity index (χ3n) is 1.89. The van der Waals surface area contributed by atoms with Crippen LogP contribution in [0.4, 0.5) is 0 Å². The Morgan fingerprint density at radius 3 is 2.58 bits per heavy atom. The lowest BCUT2D eigenvalue weighted by Crippen LogP contribution is -2.13. The Kier molecular flexibility index (Phi) is 6.34. The smallest absolute Gasteiger partial charge is 0.306 e. The van der Waals surface area contributed by atoms with Crippen molar-refractivity contribution < 1.29 is 14.7 Å². The average molecular weight is 172 g/mol. The first-order valence-electron chi connectivity index (χ1n) is 4.38. The maximum atomic E-state index is 10.6. The van der Waals surface area contributed by atoms with Gasteiger partial charge in [0.2, 0.25) is 0 Å². The van der Waals surface area contributed by atoms with Crippen molar-refractivity contribution >= 4 is 12.3 Å². The van der Waals surface area contributed by atoms with Gasteiger partial charge < -0.3 is 9.90 Å². The molecule has 1 N–H and O–H groups in total. The first-order chi connectivity index (χ1) is 5.72. The van der Waals surface area contributed by atoms with Crippen LogP contribution in [0.3, 0.4) is 0 Å². The molecule has 0 radical (unpaired) electrons. The minimum atomic E-state index is -0.773. The van der Waals surface area contributed by atoms with Gasteiger partial charge in [0.15, 0.2) is 0 Å². The SMILES string of the molecule is CCCCC(CCC=O)C(=O)O. The second-order valence-electron chi connectivity index (χ2n) is 2.92. The molecule has 0 saturated carbocycles. The first kappa shape index (κ1) is 11.1. The van der Waals surface area contributed by atoms with Crippen molar-refractivity contribution in [2.45, 2.75) is 39.0 Å².